The molecule has 0 radical (unpaired) electrons. The molecule has 0 unspecified atom stereocenters. The highest BCUT2D eigenvalue weighted by atomic mass is 28.3. The summed E-state index contributed by atoms with van der Waals surface area (Å²) < 4.78 is 9.92. The second kappa shape index (κ2) is 7.58. The van der Waals surface area contributed by atoms with E-state index in [0.29, 0.717) is 30.1 Å². The molecule has 0 amide bonds. The van der Waals surface area contributed by atoms with Gasteiger partial charge in [-0.3, -0.25) is 9.55 Å². The van der Waals surface area contributed by atoms with E-state index in [-0.39, 0.29) is 0 Å². The molecule has 4 aromatic rings. The minimum atomic E-state index is -1.32. The maximum Gasteiger partial charge on any atom is 0.420 e. The molecule has 0 aliphatic carbocycles. The van der Waals surface area contributed by atoms with Crippen LogP contribution in [-0.2, 0) is 11.5 Å². The molecule has 0 fully saturated rings. The van der Waals surface area contributed by atoms with Crippen LogP contribution < -0.4 is 5.69 Å². The van der Waals surface area contributed by atoms with E-state index in [1.54, 1.807) is 30.5 Å². The van der Waals surface area contributed by atoms with Gasteiger partial charge in [-0.25, -0.2) is 9.59 Å². The average Bonchev–Trinajstić information content (AvgIpc) is 3.21. The lowest BCUT2D eigenvalue weighted by molar-refractivity contribution is 0.0902. The molecule has 0 bridgehead atoms. The molecule has 1 aromatic carbocycles. The van der Waals surface area contributed by atoms with Crippen LogP contribution in [0.2, 0.25) is 25.7 Å². The fraction of sp³-hybridized carbons (Fsp3) is 0.286. The molecule has 4 rings (SSSR count). The zero-order valence-corrected chi connectivity index (χ0v) is 18.2. The van der Waals surface area contributed by atoms with E-state index in [2.05, 4.69) is 24.6 Å². The van der Waals surface area contributed by atoms with Crippen molar-refractivity contribution in [1.29, 1.82) is 0 Å². The van der Waals surface area contributed by atoms with E-state index in [4.69, 9.17) is 4.74 Å². The molecule has 0 aliphatic heterocycles. The summed E-state index contributed by atoms with van der Waals surface area (Å²) >= 11 is 0. The molecular formula is C21H24N4O4Si. The van der Waals surface area contributed by atoms with Gasteiger partial charge in [0.05, 0.1) is 34.0 Å². The number of hydrogen-bond acceptors (Lipinski definition) is 4. The van der Waals surface area contributed by atoms with Crippen LogP contribution >= 0.6 is 0 Å². The highest BCUT2D eigenvalue weighted by Gasteiger charge is 2.19. The van der Waals surface area contributed by atoms with Gasteiger partial charge in [-0.1, -0.05) is 31.8 Å². The second-order valence-corrected chi connectivity index (χ2v) is 14.1. The van der Waals surface area contributed by atoms with Crippen molar-refractivity contribution in [3.8, 4) is 5.69 Å². The number of para-hydroxylation sites is 2. The van der Waals surface area contributed by atoms with Gasteiger partial charge in [0.2, 0.25) is 0 Å². The summed E-state index contributed by atoms with van der Waals surface area (Å²) in [6.45, 7) is 8.02. The first-order valence-electron chi connectivity index (χ1n) is 9.75. The predicted molar refractivity (Wildman–Crippen MR) is 118 cm³/mol. The molecule has 0 saturated heterocycles. The van der Waals surface area contributed by atoms with Crippen LogP contribution in [0.25, 0.3) is 27.8 Å². The molecule has 1 N–H and O–H groups in total. The van der Waals surface area contributed by atoms with Gasteiger partial charge in [-0.2, -0.15) is 4.57 Å². The van der Waals surface area contributed by atoms with Crippen molar-refractivity contribution in [3.63, 3.8) is 0 Å². The smallest absolute Gasteiger partial charge is 0.420 e. The van der Waals surface area contributed by atoms with Gasteiger partial charge < -0.3 is 14.4 Å². The number of carbonyl (C=O) groups is 1. The molecule has 0 aliphatic rings. The monoisotopic (exact) mass is 424 g/mol. The van der Waals surface area contributed by atoms with E-state index in [9.17, 15) is 14.7 Å². The summed E-state index contributed by atoms with van der Waals surface area (Å²) in [5, 5.41) is 9.50. The lowest BCUT2D eigenvalue weighted by Crippen LogP contribution is -2.27. The van der Waals surface area contributed by atoms with E-state index >= 15 is 0 Å². The van der Waals surface area contributed by atoms with Crippen molar-refractivity contribution in [1.82, 2.24) is 18.7 Å². The van der Waals surface area contributed by atoms with Crippen molar-refractivity contribution in [3.05, 3.63) is 59.3 Å². The lowest BCUT2D eigenvalue weighted by Gasteiger charge is -2.15. The minimum Gasteiger partial charge on any atom is -0.464 e. The Morgan fingerprint density at radius 3 is 2.57 bits per heavy atom. The quantitative estimate of drug-likeness (QED) is 0.373. The molecular weight excluding hydrogens is 400 g/mol. The van der Waals surface area contributed by atoms with Crippen LogP contribution in [-0.4, -0.2) is 44.6 Å². The first-order valence-corrected chi connectivity index (χ1v) is 13.5. The average molecular weight is 425 g/mol. The van der Waals surface area contributed by atoms with Crippen LogP contribution in [0.4, 0.5) is 4.79 Å². The number of rotatable bonds is 6. The fourth-order valence-corrected chi connectivity index (χ4v) is 4.17. The SMILES string of the molecule is C[Si](C)(C)CCOCn1ccc2ncc(-n3c(=O)n(C(=O)O)c4ccccc43)cc21. The maximum atomic E-state index is 12.9. The van der Waals surface area contributed by atoms with Crippen molar-refractivity contribution >= 4 is 36.2 Å². The fourth-order valence-electron chi connectivity index (χ4n) is 3.41. The Kier molecular flexibility index (Phi) is 5.08. The second-order valence-electron chi connectivity index (χ2n) is 8.46. The summed E-state index contributed by atoms with van der Waals surface area (Å²) in [4.78, 5) is 29.0. The lowest BCUT2D eigenvalue weighted by atomic mass is 10.3. The van der Waals surface area contributed by atoms with Gasteiger partial charge in [-0.15, -0.1) is 0 Å². The van der Waals surface area contributed by atoms with E-state index in [1.165, 1.54) is 4.57 Å². The maximum absolute atomic E-state index is 12.9. The Bertz CT molecular complexity index is 1300. The molecule has 3 heterocycles. The normalized spacial score (nSPS) is 12.1. The van der Waals surface area contributed by atoms with Crippen molar-refractivity contribution in [2.75, 3.05) is 6.61 Å². The number of aromatic nitrogens is 4. The predicted octanol–water partition coefficient (Wildman–Crippen LogP) is 3.98. The molecule has 3 aromatic heterocycles. The number of carboxylic acid groups (broad SMARTS) is 1. The van der Waals surface area contributed by atoms with Gasteiger partial charge in [-0.05, 0) is 30.3 Å². The van der Waals surface area contributed by atoms with Gasteiger partial charge >= 0.3 is 11.8 Å². The topological polar surface area (TPSA) is 91.3 Å². The minimum absolute atomic E-state index is 0.333. The highest BCUT2D eigenvalue weighted by molar-refractivity contribution is 6.76. The highest BCUT2D eigenvalue weighted by Crippen LogP contribution is 2.21. The molecule has 0 spiro atoms. The largest absolute Gasteiger partial charge is 0.464 e. The van der Waals surface area contributed by atoms with Crippen LogP contribution in [0.5, 0.6) is 0 Å². The Labute approximate surface area is 174 Å². The van der Waals surface area contributed by atoms with Gasteiger partial charge in [0, 0.05) is 20.9 Å². The summed E-state index contributed by atoms with van der Waals surface area (Å²) in [7, 11) is -1.16. The van der Waals surface area contributed by atoms with Gasteiger partial charge in [0.15, 0.2) is 0 Å². The number of pyridine rings is 1. The molecule has 0 saturated carbocycles. The Morgan fingerprint density at radius 2 is 1.87 bits per heavy atom. The first kappa shape index (κ1) is 20.1. The summed E-state index contributed by atoms with van der Waals surface area (Å²) in [5.74, 6) is 0. The Balaban J connectivity index is 1.74. The van der Waals surface area contributed by atoms with Crippen molar-refractivity contribution < 1.29 is 14.6 Å². The van der Waals surface area contributed by atoms with E-state index in [1.807, 2.05) is 22.9 Å². The number of hydrogen-bond donors (Lipinski definition) is 1. The Morgan fingerprint density at radius 1 is 1.13 bits per heavy atom. The van der Waals surface area contributed by atoms with Crippen LogP contribution in [0.1, 0.15) is 0 Å². The zero-order valence-electron chi connectivity index (χ0n) is 17.2. The van der Waals surface area contributed by atoms with Crippen LogP contribution in [0, 0.1) is 0 Å². The van der Waals surface area contributed by atoms with E-state index in [0.717, 1.165) is 21.6 Å². The number of nitrogens with zero attached hydrogens (tertiary/aromatic N) is 4. The number of fused-ring (bicyclic) bond motifs is 2. The molecule has 30 heavy (non-hydrogen) atoms. The van der Waals surface area contributed by atoms with Crippen LogP contribution in [0.3, 0.4) is 0 Å². The molecule has 9 heteroatoms. The van der Waals surface area contributed by atoms with Gasteiger partial charge in [0.25, 0.3) is 0 Å². The molecule has 8 nitrogen and oxygen atoms in total. The number of ether oxygens (including phenoxy) is 1. The van der Waals surface area contributed by atoms with Gasteiger partial charge in [0.1, 0.15) is 6.73 Å². The number of benzene rings is 1. The van der Waals surface area contributed by atoms with Crippen molar-refractivity contribution in [2.45, 2.75) is 32.4 Å². The van der Waals surface area contributed by atoms with Crippen molar-refractivity contribution in [2.24, 2.45) is 0 Å². The third-order valence-corrected chi connectivity index (χ3v) is 6.73. The third kappa shape index (κ3) is 3.69. The zero-order chi connectivity index (χ0) is 21.5. The molecule has 156 valence electrons. The summed E-state index contributed by atoms with van der Waals surface area (Å²) in [5.41, 5.74) is 2.30. The summed E-state index contributed by atoms with van der Waals surface area (Å²) in [6, 6.07) is 11.6. The molecule has 0 atom stereocenters. The third-order valence-electron chi connectivity index (χ3n) is 5.03. The number of imidazole rings is 1. The standard InChI is InChI=1S/C21H24N4O4Si/c1-30(2,3)11-10-29-14-23-9-8-16-19(23)12-15(13-22-16)24-17-6-4-5-7-18(17)25(20(24)26)21(27)28/h4-9,12-13H,10-11,14H2,1-3H3,(H,27,28). The first-order chi connectivity index (χ1) is 14.3. The van der Waals surface area contributed by atoms with E-state index < -0.39 is 19.9 Å². The van der Waals surface area contributed by atoms with Crippen LogP contribution in [0.15, 0.2) is 53.6 Å². The summed E-state index contributed by atoms with van der Waals surface area (Å²) in [6.07, 6.45) is 2.17. The Hall–Kier alpha value is -3.17.